The van der Waals surface area contributed by atoms with Gasteiger partial charge < -0.3 is 14.8 Å². The largest absolute Gasteiger partial charge is 0.342 e. The summed E-state index contributed by atoms with van der Waals surface area (Å²) in [6.07, 6.45) is 3.84. The van der Waals surface area contributed by atoms with Crippen molar-refractivity contribution in [3.63, 3.8) is 0 Å². The van der Waals surface area contributed by atoms with Crippen LogP contribution >= 0.6 is 11.8 Å². The van der Waals surface area contributed by atoms with E-state index in [0.717, 1.165) is 48.8 Å². The molecule has 2 amide bonds. The van der Waals surface area contributed by atoms with Crippen LogP contribution in [0.5, 0.6) is 0 Å². The number of likely N-dealkylation sites (tertiary alicyclic amines) is 1. The predicted octanol–water partition coefficient (Wildman–Crippen LogP) is 3.93. The van der Waals surface area contributed by atoms with Crippen molar-refractivity contribution in [2.45, 2.75) is 31.2 Å². The van der Waals surface area contributed by atoms with Crippen LogP contribution in [-0.4, -0.2) is 50.3 Å². The molecule has 1 N–H and O–H groups in total. The molecular formula is C23H25N5O2S. The van der Waals surface area contributed by atoms with Gasteiger partial charge >= 0.3 is 0 Å². The number of anilines is 1. The Kier molecular flexibility index (Phi) is 6.66. The van der Waals surface area contributed by atoms with Gasteiger partial charge in [0.2, 0.25) is 5.91 Å². The average Bonchev–Trinajstić information content (AvgIpc) is 3.50. The maximum absolute atomic E-state index is 13.0. The number of aryl methyl sites for hydroxylation is 1. The number of nitrogens with one attached hydrogen (secondary N) is 1. The van der Waals surface area contributed by atoms with Gasteiger partial charge in [-0.05, 0) is 44.0 Å². The summed E-state index contributed by atoms with van der Waals surface area (Å²) in [6.45, 7) is 4.47. The molecule has 0 radical (unpaired) electrons. The van der Waals surface area contributed by atoms with E-state index in [1.54, 1.807) is 12.4 Å². The Morgan fingerprint density at radius 2 is 1.90 bits per heavy atom. The lowest BCUT2D eigenvalue weighted by atomic mass is 10.1. The third-order valence-corrected chi connectivity index (χ3v) is 6.33. The van der Waals surface area contributed by atoms with Crippen molar-refractivity contribution in [1.29, 1.82) is 0 Å². The molecule has 2 heterocycles. The number of thioether (sulfide) groups is 1. The summed E-state index contributed by atoms with van der Waals surface area (Å²) in [4.78, 5) is 28.1. The zero-order valence-electron chi connectivity index (χ0n) is 17.5. The molecule has 0 saturated carbocycles. The summed E-state index contributed by atoms with van der Waals surface area (Å²) in [5.41, 5.74) is 2.13. The molecule has 3 aromatic rings. The summed E-state index contributed by atoms with van der Waals surface area (Å²) in [6, 6.07) is 15.0. The molecule has 2 aromatic carbocycles. The number of hydrogen-bond acceptors (Lipinski definition) is 5. The fraction of sp³-hybridized carbons (Fsp3) is 0.304. The van der Waals surface area contributed by atoms with Gasteiger partial charge in [0.15, 0.2) is 5.82 Å². The highest BCUT2D eigenvalue weighted by Crippen LogP contribution is 2.26. The second-order valence-electron chi connectivity index (χ2n) is 7.35. The van der Waals surface area contributed by atoms with E-state index < -0.39 is 0 Å². The fourth-order valence-electron chi connectivity index (χ4n) is 3.62. The summed E-state index contributed by atoms with van der Waals surface area (Å²) < 4.78 is 1.95. The zero-order chi connectivity index (χ0) is 21.6. The minimum atomic E-state index is -0.203. The van der Waals surface area contributed by atoms with Gasteiger partial charge in [-0.25, -0.2) is 0 Å². The van der Waals surface area contributed by atoms with Crippen LogP contribution in [-0.2, 0) is 11.3 Å². The fourth-order valence-corrected chi connectivity index (χ4v) is 4.57. The summed E-state index contributed by atoms with van der Waals surface area (Å²) in [5, 5.41) is 11.1. The second-order valence-corrected chi connectivity index (χ2v) is 8.37. The standard InChI is InChI=1S/C23H25N5O2S/c1-2-27-16-24-26-22(27)17-8-7-9-18(14-17)25-23(30)19-10-3-4-11-20(19)31-15-21(29)28-12-5-6-13-28/h3-4,7-11,14,16H,2,5-6,12-13,15H2,1H3,(H,25,30). The Hall–Kier alpha value is -3.13. The van der Waals surface area contributed by atoms with E-state index in [9.17, 15) is 9.59 Å². The van der Waals surface area contributed by atoms with Crippen LogP contribution in [0.25, 0.3) is 11.4 Å². The molecule has 0 unspecified atom stereocenters. The molecule has 1 aromatic heterocycles. The Balaban J connectivity index is 1.47. The number of hydrogen-bond donors (Lipinski definition) is 1. The highest BCUT2D eigenvalue weighted by molar-refractivity contribution is 8.00. The molecule has 4 rings (SSSR count). The SMILES string of the molecule is CCn1cnnc1-c1cccc(NC(=O)c2ccccc2SCC(=O)N2CCCC2)c1. The lowest BCUT2D eigenvalue weighted by molar-refractivity contribution is -0.127. The first-order valence-electron chi connectivity index (χ1n) is 10.4. The van der Waals surface area contributed by atoms with Crippen molar-refractivity contribution in [2.24, 2.45) is 0 Å². The van der Waals surface area contributed by atoms with Gasteiger partial charge in [0.1, 0.15) is 6.33 Å². The molecule has 0 atom stereocenters. The van der Waals surface area contributed by atoms with E-state index in [0.29, 0.717) is 17.0 Å². The molecule has 0 spiro atoms. The summed E-state index contributed by atoms with van der Waals surface area (Å²) >= 11 is 1.41. The molecule has 7 nitrogen and oxygen atoms in total. The van der Waals surface area contributed by atoms with Gasteiger partial charge in [0.05, 0.1) is 11.3 Å². The van der Waals surface area contributed by atoms with Gasteiger partial charge in [0.25, 0.3) is 5.91 Å². The van der Waals surface area contributed by atoms with E-state index in [1.165, 1.54) is 11.8 Å². The topological polar surface area (TPSA) is 80.1 Å². The third-order valence-electron chi connectivity index (χ3n) is 5.28. The molecule has 1 saturated heterocycles. The molecule has 1 fully saturated rings. The number of amides is 2. The first-order valence-corrected chi connectivity index (χ1v) is 11.4. The van der Waals surface area contributed by atoms with Gasteiger partial charge in [-0.2, -0.15) is 0 Å². The van der Waals surface area contributed by atoms with Crippen molar-refractivity contribution in [2.75, 3.05) is 24.2 Å². The molecule has 1 aliphatic heterocycles. The van der Waals surface area contributed by atoms with E-state index in [-0.39, 0.29) is 11.8 Å². The number of aromatic nitrogens is 3. The van der Waals surface area contributed by atoms with Crippen molar-refractivity contribution in [3.8, 4) is 11.4 Å². The summed E-state index contributed by atoms with van der Waals surface area (Å²) in [5.74, 6) is 1.03. The van der Waals surface area contributed by atoms with E-state index in [2.05, 4.69) is 15.5 Å². The van der Waals surface area contributed by atoms with Crippen molar-refractivity contribution >= 4 is 29.3 Å². The monoisotopic (exact) mass is 435 g/mol. The zero-order valence-corrected chi connectivity index (χ0v) is 18.3. The van der Waals surface area contributed by atoms with Gasteiger partial charge in [-0.15, -0.1) is 22.0 Å². The van der Waals surface area contributed by atoms with Crippen LogP contribution in [0.2, 0.25) is 0 Å². The first kappa shape index (κ1) is 21.1. The van der Waals surface area contributed by atoms with Crippen LogP contribution in [0.15, 0.2) is 59.8 Å². The smallest absolute Gasteiger partial charge is 0.256 e. The lowest BCUT2D eigenvalue weighted by Crippen LogP contribution is -2.29. The van der Waals surface area contributed by atoms with E-state index in [1.807, 2.05) is 58.9 Å². The second kappa shape index (κ2) is 9.78. The average molecular weight is 436 g/mol. The lowest BCUT2D eigenvalue weighted by Gasteiger charge is -2.15. The van der Waals surface area contributed by atoms with Crippen LogP contribution in [0.1, 0.15) is 30.1 Å². The minimum Gasteiger partial charge on any atom is -0.342 e. The third kappa shape index (κ3) is 4.96. The Morgan fingerprint density at radius 1 is 1.10 bits per heavy atom. The Bertz CT molecular complexity index is 1080. The van der Waals surface area contributed by atoms with E-state index >= 15 is 0 Å². The molecule has 1 aliphatic rings. The molecule has 0 bridgehead atoms. The number of carbonyl (C=O) groups is 2. The van der Waals surface area contributed by atoms with Gasteiger partial charge in [-0.3, -0.25) is 9.59 Å². The molecule has 8 heteroatoms. The first-order chi connectivity index (χ1) is 15.2. The maximum Gasteiger partial charge on any atom is 0.256 e. The Labute approximate surface area is 185 Å². The molecule has 31 heavy (non-hydrogen) atoms. The molecule has 160 valence electrons. The maximum atomic E-state index is 13.0. The van der Waals surface area contributed by atoms with Crippen LogP contribution in [0.4, 0.5) is 5.69 Å². The van der Waals surface area contributed by atoms with Gasteiger partial charge in [-0.1, -0.05) is 24.3 Å². The number of rotatable bonds is 7. The normalized spacial score (nSPS) is 13.4. The van der Waals surface area contributed by atoms with Crippen molar-refractivity contribution in [3.05, 3.63) is 60.4 Å². The van der Waals surface area contributed by atoms with Gasteiger partial charge in [0, 0.05) is 35.8 Å². The van der Waals surface area contributed by atoms with Crippen molar-refractivity contribution < 1.29 is 9.59 Å². The van der Waals surface area contributed by atoms with Crippen LogP contribution in [0, 0.1) is 0 Å². The highest BCUT2D eigenvalue weighted by atomic mass is 32.2. The summed E-state index contributed by atoms with van der Waals surface area (Å²) in [7, 11) is 0. The van der Waals surface area contributed by atoms with Crippen LogP contribution in [0.3, 0.4) is 0 Å². The molecular weight excluding hydrogens is 410 g/mol. The number of carbonyl (C=O) groups excluding carboxylic acids is 2. The highest BCUT2D eigenvalue weighted by Gasteiger charge is 2.19. The minimum absolute atomic E-state index is 0.130. The van der Waals surface area contributed by atoms with Crippen molar-refractivity contribution in [1.82, 2.24) is 19.7 Å². The number of nitrogens with zero attached hydrogens (tertiary/aromatic N) is 4. The molecule has 0 aliphatic carbocycles. The Morgan fingerprint density at radius 3 is 2.71 bits per heavy atom. The van der Waals surface area contributed by atoms with E-state index in [4.69, 9.17) is 0 Å². The van der Waals surface area contributed by atoms with Crippen LogP contribution < -0.4 is 5.32 Å². The predicted molar refractivity (Wildman–Crippen MR) is 122 cm³/mol. The number of benzene rings is 2. The quantitative estimate of drug-likeness (QED) is 0.569.